The Labute approximate surface area is 98.2 Å². The Balaban J connectivity index is 2.06. The third-order valence-corrected chi connectivity index (χ3v) is 3.65. The first-order valence-electron chi connectivity index (χ1n) is 6.54. The molecule has 0 radical (unpaired) electrons. The summed E-state index contributed by atoms with van der Waals surface area (Å²) in [6.07, 6.45) is 10.9. The van der Waals surface area contributed by atoms with E-state index in [0.717, 1.165) is 18.9 Å². The van der Waals surface area contributed by atoms with E-state index in [-0.39, 0.29) is 0 Å². The van der Waals surface area contributed by atoms with Crippen LogP contribution in [0.4, 0.5) is 0 Å². The van der Waals surface area contributed by atoms with Crippen LogP contribution < -0.4 is 5.32 Å². The molecule has 0 aromatic carbocycles. The number of nitrogens with zero attached hydrogens (tertiary/aromatic N) is 2. The van der Waals surface area contributed by atoms with Crippen LogP contribution in [0.5, 0.6) is 0 Å². The fourth-order valence-electron chi connectivity index (χ4n) is 2.86. The predicted octanol–water partition coefficient (Wildman–Crippen LogP) is 2.74. The second-order valence-corrected chi connectivity index (χ2v) is 4.85. The lowest BCUT2D eigenvalue weighted by Gasteiger charge is -2.21. The van der Waals surface area contributed by atoms with Crippen molar-refractivity contribution < 1.29 is 0 Å². The molecular weight excluding hydrogens is 198 g/mol. The van der Waals surface area contributed by atoms with Gasteiger partial charge in [0.05, 0.1) is 6.20 Å². The lowest BCUT2D eigenvalue weighted by molar-refractivity contribution is 0.390. The summed E-state index contributed by atoms with van der Waals surface area (Å²) >= 11 is 0. The minimum Gasteiger partial charge on any atom is -0.313 e. The molecule has 1 aliphatic rings. The standard InChI is InChI=1S/C13H23N3/c1-3-8-16-10-12(9-15-16)13(14-2)11-6-4-5-7-11/h9-11,13-14H,3-8H2,1-2H3. The summed E-state index contributed by atoms with van der Waals surface area (Å²) in [6, 6.07) is 0.508. The monoisotopic (exact) mass is 221 g/mol. The van der Waals surface area contributed by atoms with Crippen molar-refractivity contribution in [3.05, 3.63) is 18.0 Å². The summed E-state index contributed by atoms with van der Waals surface area (Å²) in [5.41, 5.74) is 1.36. The predicted molar refractivity (Wildman–Crippen MR) is 66.3 cm³/mol. The van der Waals surface area contributed by atoms with Crippen LogP contribution in [0.15, 0.2) is 12.4 Å². The van der Waals surface area contributed by atoms with Gasteiger partial charge >= 0.3 is 0 Å². The molecule has 1 N–H and O–H groups in total. The molecule has 1 aromatic heterocycles. The largest absolute Gasteiger partial charge is 0.313 e. The van der Waals surface area contributed by atoms with Crippen LogP contribution in [0.2, 0.25) is 0 Å². The molecule has 16 heavy (non-hydrogen) atoms. The van der Waals surface area contributed by atoms with Gasteiger partial charge in [-0.1, -0.05) is 19.8 Å². The molecule has 0 amide bonds. The Hall–Kier alpha value is -0.830. The van der Waals surface area contributed by atoms with Crippen LogP contribution in [-0.4, -0.2) is 16.8 Å². The topological polar surface area (TPSA) is 29.9 Å². The van der Waals surface area contributed by atoms with E-state index in [0.29, 0.717) is 6.04 Å². The molecule has 1 saturated carbocycles. The quantitative estimate of drug-likeness (QED) is 0.828. The minimum atomic E-state index is 0.508. The van der Waals surface area contributed by atoms with Gasteiger partial charge in [-0.25, -0.2) is 0 Å². The van der Waals surface area contributed by atoms with Gasteiger partial charge in [0.1, 0.15) is 0 Å². The summed E-state index contributed by atoms with van der Waals surface area (Å²) in [4.78, 5) is 0. The van der Waals surface area contributed by atoms with Gasteiger partial charge in [-0.3, -0.25) is 4.68 Å². The molecule has 3 heteroatoms. The highest BCUT2D eigenvalue weighted by Gasteiger charge is 2.25. The molecule has 0 bridgehead atoms. The van der Waals surface area contributed by atoms with Gasteiger partial charge in [0.2, 0.25) is 0 Å². The number of rotatable bonds is 5. The van der Waals surface area contributed by atoms with Gasteiger partial charge in [0.15, 0.2) is 0 Å². The number of aryl methyl sites for hydroxylation is 1. The van der Waals surface area contributed by atoms with Gasteiger partial charge in [-0.15, -0.1) is 0 Å². The Morgan fingerprint density at radius 2 is 2.25 bits per heavy atom. The summed E-state index contributed by atoms with van der Waals surface area (Å²) in [5.74, 6) is 0.810. The normalized spacial score (nSPS) is 19.1. The zero-order chi connectivity index (χ0) is 11.4. The van der Waals surface area contributed by atoms with Gasteiger partial charge in [-0.2, -0.15) is 5.10 Å². The molecule has 0 spiro atoms. The van der Waals surface area contributed by atoms with Crippen LogP contribution in [-0.2, 0) is 6.54 Å². The molecule has 2 rings (SSSR count). The highest BCUT2D eigenvalue weighted by atomic mass is 15.3. The Bertz CT molecular complexity index is 313. The van der Waals surface area contributed by atoms with Crippen molar-refractivity contribution >= 4 is 0 Å². The molecule has 1 atom stereocenters. The van der Waals surface area contributed by atoms with Crippen LogP contribution in [0.3, 0.4) is 0 Å². The van der Waals surface area contributed by atoms with Crippen molar-refractivity contribution in [2.75, 3.05) is 7.05 Å². The molecule has 0 aliphatic heterocycles. The summed E-state index contributed by atoms with van der Waals surface area (Å²) in [7, 11) is 2.07. The van der Waals surface area contributed by atoms with Gasteiger partial charge in [-0.05, 0) is 32.2 Å². The van der Waals surface area contributed by atoms with Crippen LogP contribution in [0.25, 0.3) is 0 Å². The minimum absolute atomic E-state index is 0.508. The first-order chi connectivity index (χ1) is 7.85. The highest BCUT2D eigenvalue weighted by Crippen LogP contribution is 2.35. The molecule has 1 aliphatic carbocycles. The lowest BCUT2D eigenvalue weighted by Crippen LogP contribution is -2.23. The van der Waals surface area contributed by atoms with E-state index < -0.39 is 0 Å². The van der Waals surface area contributed by atoms with Crippen LogP contribution in [0.1, 0.15) is 50.6 Å². The third kappa shape index (κ3) is 2.46. The van der Waals surface area contributed by atoms with E-state index in [2.05, 4.69) is 35.3 Å². The maximum absolute atomic E-state index is 4.42. The Morgan fingerprint density at radius 3 is 2.88 bits per heavy atom. The van der Waals surface area contributed by atoms with E-state index in [4.69, 9.17) is 0 Å². The van der Waals surface area contributed by atoms with Crippen molar-refractivity contribution in [3.8, 4) is 0 Å². The zero-order valence-corrected chi connectivity index (χ0v) is 10.4. The molecule has 1 fully saturated rings. The number of aromatic nitrogens is 2. The first kappa shape index (κ1) is 11.6. The molecule has 1 heterocycles. The molecule has 3 nitrogen and oxygen atoms in total. The zero-order valence-electron chi connectivity index (χ0n) is 10.4. The van der Waals surface area contributed by atoms with Crippen molar-refractivity contribution in [1.82, 2.24) is 15.1 Å². The SMILES string of the molecule is CCCn1cc(C(NC)C2CCCC2)cn1. The van der Waals surface area contributed by atoms with E-state index in [1.54, 1.807) is 0 Å². The van der Waals surface area contributed by atoms with E-state index in [1.165, 1.54) is 31.2 Å². The first-order valence-corrected chi connectivity index (χ1v) is 6.54. The molecule has 0 saturated heterocycles. The summed E-state index contributed by atoms with van der Waals surface area (Å²) in [5, 5.41) is 7.89. The van der Waals surface area contributed by atoms with Gasteiger partial charge in [0.25, 0.3) is 0 Å². The van der Waals surface area contributed by atoms with Crippen molar-refractivity contribution in [3.63, 3.8) is 0 Å². The smallest absolute Gasteiger partial charge is 0.0537 e. The van der Waals surface area contributed by atoms with E-state index >= 15 is 0 Å². The number of hydrogen-bond donors (Lipinski definition) is 1. The average Bonchev–Trinajstić information content (AvgIpc) is 2.92. The third-order valence-electron chi connectivity index (χ3n) is 3.65. The van der Waals surface area contributed by atoms with Gasteiger partial charge < -0.3 is 5.32 Å². The van der Waals surface area contributed by atoms with Crippen LogP contribution >= 0.6 is 0 Å². The number of nitrogens with one attached hydrogen (secondary N) is 1. The van der Waals surface area contributed by atoms with E-state index in [1.807, 2.05) is 6.20 Å². The van der Waals surface area contributed by atoms with Crippen molar-refractivity contribution in [2.24, 2.45) is 5.92 Å². The molecule has 90 valence electrons. The second kappa shape index (κ2) is 5.48. The van der Waals surface area contributed by atoms with E-state index in [9.17, 15) is 0 Å². The summed E-state index contributed by atoms with van der Waals surface area (Å²) < 4.78 is 2.06. The lowest BCUT2D eigenvalue weighted by atomic mass is 9.94. The van der Waals surface area contributed by atoms with Crippen molar-refractivity contribution in [1.29, 1.82) is 0 Å². The average molecular weight is 221 g/mol. The van der Waals surface area contributed by atoms with Gasteiger partial charge in [0, 0.05) is 24.3 Å². The molecule has 1 unspecified atom stereocenters. The van der Waals surface area contributed by atoms with Crippen molar-refractivity contribution in [2.45, 2.75) is 51.6 Å². The molecular formula is C13H23N3. The fraction of sp³-hybridized carbons (Fsp3) is 0.769. The summed E-state index contributed by atoms with van der Waals surface area (Å²) in [6.45, 7) is 3.22. The highest BCUT2D eigenvalue weighted by molar-refractivity contribution is 5.12. The number of hydrogen-bond acceptors (Lipinski definition) is 2. The molecule has 1 aromatic rings. The maximum atomic E-state index is 4.42. The van der Waals surface area contributed by atoms with Crippen LogP contribution in [0, 0.1) is 5.92 Å². The fourth-order valence-corrected chi connectivity index (χ4v) is 2.86. The second-order valence-electron chi connectivity index (χ2n) is 4.85. The Kier molecular flexibility index (Phi) is 3.99. The Morgan fingerprint density at radius 1 is 1.50 bits per heavy atom. The maximum Gasteiger partial charge on any atom is 0.0537 e.